The van der Waals surface area contributed by atoms with Crippen molar-refractivity contribution in [3.63, 3.8) is 0 Å². The normalized spacial score (nSPS) is 29.1. The highest BCUT2D eigenvalue weighted by Gasteiger charge is 2.43. The second kappa shape index (κ2) is 6.29. The third-order valence-corrected chi connectivity index (χ3v) is 4.64. The molecule has 0 aromatic heterocycles. The van der Waals surface area contributed by atoms with Crippen LogP contribution in [0.3, 0.4) is 0 Å². The lowest BCUT2D eigenvalue weighted by molar-refractivity contribution is -0.385. The number of hydrazine groups is 1. The molecule has 1 aromatic carbocycles. The van der Waals surface area contributed by atoms with Gasteiger partial charge < -0.3 is 11.1 Å². The zero-order chi connectivity index (χ0) is 17.4. The van der Waals surface area contributed by atoms with Gasteiger partial charge in [-0.15, -0.1) is 0 Å². The number of hydrogen-bond acceptors (Lipinski definition) is 6. The van der Waals surface area contributed by atoms with Crippen LogP contribution in [0.2, 0.25) is 0 Å². The van der Waals surface area contributed by atoms with Gasteiger partial charge in [0, 0.05) is 18.0 Å². The van der Waals surface area contributed by atoms with Crippen molar-refractivity contribution >= 4 is 17.3 Å². The molecule has 130 valence electrons. The SMILES string of the molecule is NC(=O)C1NNC2CCC(Nc3c(F)cc([N+](=O)[O-])cc3F)CC21. The van der Waals surface area contributed by atoms with Crippen LogP contribution in [0.4, 0.5) is 20.2 Å². The fraction of sp³-hybridized carbons (Fsp3) is 0.500. The number of nitro groups is 1. The summed E-state index contributed by atoms with van der Waals surface area (Å²) < 4.78 is 28.0. The van der Waals surface area contributed by atoms with Crippen molar-refractivity contribution in [2.45, 2.75) is 37.4 Å². The molecule has 1 aliphatic heterocycles. The number of nitrogens with two attached hydrogens (primary N) is 1. The molecule has 2 aliphatic rings. The van der Waals surface area contributed by atoms with E-state index in [4.69, 9.17) is 5.73 Å². The van der Waals surface area contributed by atoms with Gasteiger partial charge in [-0.3, -0.25) is 20.3 Å². The number of nitrogens with zero attached hydrogens (tertiary/aromatic N) is 1. The summed E-state index contributed by atoms with van der Waals surface area (Å²) in [7, 11) is 0. The Balaban J connectivity index is 1.75. The summed E-state index contributed by atoms with van der Waals surface area (Å²) in [6, 6.07) is 0.641. The highest BCUT2D eigenvalue weighted by atomic mass is 19.1. The molecule has 0 radical (unpaired) electrons. The number of nitro benzene ring substituents is 1. The number of carbonyl (C=O) groups is 1. The average Bonchev–Trinajstić information content (AvgIpc) is 2.93. The molecule has 5 N–H and O–H groups in total. The summed E-state index contributed by atoms with van der Waals surface area (Å²) >= 11 is 0. The summed E-state index contributed by atoms with van der Waals surface area (Å²) in [4.78, 5) is 21.2. The number of carbonyl (C=O) groups excluding carboxylic acids is 1. The number of nitrogens with one attached hydrogen (secondary N) is 3. The van der Waals surface area contributed by atoms with Crippen LogP contribution in [-0.4, -0.2) is 29.0 Å². The Kier molecular flexibility index (Phi) is 4.33. The molecule has 0 bridgehead atoms. The van der Waals surface area contributed by atoms with Crippen LogP contribution in [-0.2, 0) is 4.79 Å². The molecule has 3 rings (SSSR count). The third kappa shape index (κ3) is 3.02. The number of amides is 1. The minimum Gasteiger partial charge on any atom is -0.378 e. The number of halogens is 2. The molecule has 1 amide bonds. The first kappa shape index (κ1) is 16.5. The van der Waals surface area contributed by atoms with Gasteiger partial charge >= 0.3 is 0 Å². The van der Waals surface area contributed by atoms with E-state index in [1.807, 2.05) is 0 Å². The van der Waals surface area contributed by atoms with Gasteiger partial charge in [0.25, 0.3) is 5.69 Å². The van der Waals surface area contributed by atoms with Gasteiger partial charge in [0.05, 0.1) is 17.1 Å². The number of fused-ring (bicyclic) bond motifs is 1. The Bertz CT molecular complexity index is 663. The van der Waals surface area contributed by atoms with Crippen molar-refractivity contribution in [2.75, 3.05) is 5.32 Å². The Morgan fingerprint density at radius 2 is 1.96 bits per heavy atom. The number of hydrogen-bond donors (Lipinski definition) is 4. The first-order chi connectivity index (χ1) is 11.4. The van der Waals surface area contributed by atoms with Crippen LogP contribution in [0.5, 0.6) is 0 Å². The van der Waals surface area contributed by atoms with Crippen molar-refractivity contribution in [1.29, 1.82) is 0 Å². The molecule has 4 unspecified atom stereocenters. The molecule has 1 aromatic rings. The van der Waals surface area contributed by atoms with E-state index in [1.165, 1.54) is 0 Å². The molecule has 8 nitrogen and oxygen atoms in total. The number of benzene rings is 1. The molecule has 0 spiro atoms. The van der Waals surface area contributed by atoms with Crippen LogP contribution in [0.15, 0.2) is 12.1 Å². The molecule has 1 heterocycles. The lowest BCUT2D eigenvalue weighted by Gasteiger charge is -2.33. The van der Waals surface area contributed by atoms with Crippen molar-refractivity contribution in [2.24, 2.45) is 11.7 Å². The highest BCUT2D eigenvalue weighted by molar-refractivity contribution is 5.80. The quantitative estimate of drug-likeness (QED) is 0.474. The minimum atomic E-state index is -1.02. The van der Waals surface area contributed by atoms with E-state index in [9.17, 15) is 23.7 Å². The molecular weight excluding hydrogens is 324 g/mol. The number of non-ortho nitro benzene ring substituents is 1. The smallest absolute Gasteiger partial charge is 0.275 e. The standard InChI is InChI=1S/C14H17F2N5O3/c15-9-4-7(21(23)24)5-10(16)13(9)18-6-1-2-11-8(3-6)12(14(17)22)20-19-11/h4-6,8,11-12,18-20H,1-3H2,(H2,17,22). The summed E-state index contributed by atoms with van der Waals surface area (Å²) in [5.74, 6) is -2.60. The predicted molar refractivity (Wildman–Crippen MR) is 80.8 cm³/mol. The maximum absolute atomic E-state index is 14.0. The zero-order valence-corrected chi connectivity index (χ0v) is 12.6. The van der Waals surface area contributed by atoms with Crippen LogP contribution in [0.1, 0.15) is 19.3 Å². The van der Waals surface area contributed by atoms with E-state index in [0.29, 0.717) is 31.4 Å². The first-order valence-corrected chi connectivity index (χ1v) is 7.57. The summed E-state index contributed by atoms with van der Waals surface area (Å²) in [6.07, 6.45) is 1.83. The van der Waals surface area contributed by atoms with Gasteiger partial charge in [-0.05, 0) is 19.3 Å². The Morgan fingerprint density at radius 1 is 1.29 bits per heavy atom. The Hall–Kier alpha value is -2.33. The van der Waals surface area contributed by atoms with E-state index in [2.05, 4.69) is 16.2 Å². The van der Waals surface area contributed by atoms with Crippen LogP contribution in [0.25, 0.3) is 0 Å². The predicted octanol–water partition coefficient (Wildman–Crippen LogP) is 0.784. The first-order valence-electron chi connectivity index (χ1n) is 7.57. The molecule has 1 saturated heterocycles. The van der Waals surface area contributed by atoms with Gasteiger partial charge in [0.1, 0.15) is 11.7 Å². The van der Waals surface area contributed by atoms with Crippen LogP contribution in [0, 0.1) is 27.7 Å². The fourth-order valence-corrected chi connectivity index (χ4v) is 3.48. The van der Waals surface area contributed by atoms with Gasteiger partial charge in [0.15, 0.2) is 11.6 Å². The van der Waals surface area contributed by atoms with E-state index < -0.39 is 39.9 Å². The second-order valence-corrected chi connectivity index (χ2v) is 6.13. The van der Waals surface area contributed by atoms with E-state index in [0.717, 1.165) is 0 Å². The van der Waals surface area contributed by atoms with E-state index >= 15 is 0 Å². The van der Waals surface area contributed by atoms with Gasteiger partial charge in [-0.25, -0.2) is 14.2 Å². The summed E-state index contributed by atoms with van der Waals surface area (Å²) in [5, 5.41) is 13.4. The molecule has 4 atom stereocenters. The van der Waals surface area contributed by atoms with Gasteiger partial charge in [-0.2, -0.15) is 0 Å². The topological polar surface area (TPSA) is 122 Å². The maximum atomic E-state index is 14.0. The Labute approximate surface area is 135 Å². The zero-order valence-electron chi connectivity index (χ0n) is 12.6. The van der Waals surface area contributed by atoms with Crippen molar-refractivity contribution in [1.82, 2.24) is 10.9 Å². The Morgan fingerprint density at radius 3 is 2.54 bits per heavy atom. The lowest BCUT2D eigenvalue weighted by atomic mass is 9.79. The largest absolute Gasteiger partial charge is 0.378 e. The molecule has 24 heavy (non-hydrogen) atoms. The highest BCUT2D eigenvalue weighted by Crippen LogP contribution is 2.33. The lowest BCUT2D eigenvalue weighted by Crippen LogP contribution is -2.44. The van der Waals surface area contributed by atoms with Crippen molar-refractivity contribution in [3.8, 4) is 0 Å². The van der Waals surface area contributed by atoms with Gasteiger partial charge in [-0.1, -0.05) is 0 Å². The molecule has 2 fully saturated rings. The number of anilines is 1. The molecular formula is C14H17F2N5O3. The second-order valence-electron chi connectivity index (χ2n) is 6.13. The van der Waals surface area contributed by atoms with E-state index in [-0.39, 0.29) is 18.0 Å². The van der Waals surface area contributed by atoms with Crippen molar-refractivity contribution in [3.05, 3.63) is 33.9 Å². The molecule has 10 heteroatoms. The van der Waals surface area contributed by atoms with Crippen LogP contribution < -0.4 is 21.9 Å². The maximum Gasteiger partial charge on any atom is 0.275 e. The monoisotopic (exact) mass is 341 g/mol. The van der Waals surface area contributed by atoms with E-state index in [1.54, 1.807) is 0 Å². The average molecular weight is 341 g/mol. The third-order valence-electron chi connectivity index (χ3n) is 4.64. The number of rotatable bonds is 4. The molecule has 1 aliphatic carbocycles. The minimum absolute atomic E-state index is 0.0760. The fourth-order valence-electron chi connectivity index (χ4n) is 3.48. The summed E-state index contributed by atoms with van der Waals surface area (Å²) in [6.45, 7) is 0. The summed E-state index contributed by atoms with van der Waals surface area (Å²) in [5.41, 5.74) is 10.2. The van der Waals surface area contributed by atoms with Gasteiger partial charge in [0.2, 0.25) is 5.91 Å². The van der Waals surface area contributed by atoms with Crippen molar-refractivity contribution < 1.29 is 18.5 Å². The molecule has 1 saturated carbocycles. The van der Waals surface area contributed by atoms with Crippen LogP contribution >= 0.6 is 0 Å². The number of primary amides is 1.